The van der Waals surface area contributed by atoms with Crippen LogP contribution in [0, 0.1) is 0 Å². The maximum absolute atomic E-state index is 12.0. The number of methoxy groups -OCH3 is 1. The van der Waals surface area contributed by atoms with Crippen molar-refractivity contribution in [1.82, 2.24) is 5.32 Å². The van der Waals surface area contributed by atoms with Gasteiger partial charge in [0.05, 0.1) is 12.8 Å². The van der Waals surface area contributed by atoms with Crippen LogP contribution in [0.15, 0.2) is 0 Å². The molecule has 0 saturated heterocycles. The average molecular weight is 372 g/mol. The number of imide groups is 1. The van der Waals surface area contributed by atoms with Crippen molar-refractivity contribution in [2.45, 2.75) is 13.0 Å². The summed E-state index contributed by atoms with van der Waals surface area (Å²) in [6.45, 7) is 1.24. The van der Waals surface area contributed by atoms with Gasteiger partial charge in [-0.1, -0.05) is 23.2 Å². The van der Waals surface area contributed by atoms with Crippen molar-refractivity contribution < 1.29 is 28.8 Å². The molecule has 0 fully saturated rings. The molecule has 0 aliphatic carbocycles. The maximum atomic E-state index is 12.0. The maximum Gasteiger partial charge on any atom is 0.413 e. The second-order valence-corrected chi connectivity index (χ2v) is 5.02. The fourth-order valence-electron chi connectivity index (χ4n) is 1.24. The van der Waals surface area contributed by atoms with Crippen LogP contribution in [0.5, 0.6) is 0 Å². The molecule has 0 spiro atoms. The Bertz CT molecular complexity index is 638. The number of nitrogen functional groups attached to an aromatic ring is 1. The zero-order chi connectivity index (χ0) is 17.0. The summed E-state index contributed by atoms with van der Waals surface area (Å²) in [4.78, 5) is 36.8. The molecule has 1 heterocycles. The fourth-order valence-corrected chi connectivity index (χ4v) is 1.84. The third kappa shape index (κ3) is 4.12. The Labute approximate surface area is 139 Å². The van der Waals surface area contributed by atoms with Gasteiger partial charge in [-0.3, -0.25) is 10.1 Å². The number of esters is 1. The summed E-state index contributed by atoms with van der Waals surface area (Å²) in [5, 5.41) is 1.45. The van der Waals surface area contributed by atoms with Gasteiger partial charge in [-0.05, 0) is 18.5 Å². The Morgan fingerprint density at radius 1 is 1.23 bits per heavy atom. The van der Waals surface area contributed by atoms with Gasteiger partial charge >= 0.3 is 17.8 Å². The molecule has 0 bridgehead atoms. The van der Waals surface area contributed by atoms with Crippen LogP contribution in [0.1, 0.15) is 17.4 Å². The van der Waals surface area contributed by atoms with Crippen LogP contribution in [0.2, 0.25) is 15.2 Å². The number of ether oxygens (including phenoxy) is 2. The number of anilines is 1. The van der Waals surface area contributed by atoms with Crippen LogP contribution >= 0.6 is 34.8 Å². The van der Waals surface area contributed by atoms with E-state index in [1.807, 2.05) is 5.32 Å². The number of aromatic nitrogens is 1. The van der Waals surface area contributed by atoms with E-state index >= 15 is 0 Å². The molecular weight excluding hydrogens is 360 g/mol. The number of hydrogen-bond acceptors (Lipinski definition) is 6. The Kier molecular flexibility index (Phi) is 6.21. The molecule has 0 saturated carbocycles. The molecule has 0 aromatic carbocycles. The highest BCUT2D eigenvalue weighted by Gasteiger charge is 2.30. The normalized spacial score (nSPS) is 11.5. The molecule has 4 N–H and O–H groups in total. The average Bonchev–Trinajstić information content (AvgIpc) is 2.48. The summed E-state index contributed by atoms with van der Waals surface area (Å²) < 4.78 is 9.08. The standard InChI is InChI=1S/C11H10Cl3N3O5/c1-3(9(18)17-11(20)21-2)22-10(19)7-4(12)6(15)5(13)8(14)16-7/h3H,1-2H3,(H2,15,16)(H,17,18,20)/p+1/t3-/m1/s1. The zero-order valence-corrected chi connectivity index (χ0v) is 13.6. The number of hydrogen-bond donors (Lipinski definition) is 2. The van der Waals surface area contributed by atoms with Gasteiger partial charge in [0.1, 0.15) is 10.0 Å². The highest BCUT2D eigenvalue weighted by atomic mass is 35.5. The molecule has 2 amide bonds. The first-order valence-corrected chi connectivity index (χ1v) is 6.77. The van der Waals surface area contributed by atoms with Gasteiger partial charge in [-0.15, -0.1) is 0 Å². The smallest absolute Gasteiger partial charge is 0.413 e. The molecule has 0 aliphatic heterocycles. The van der Waals surface area contributed by atoms with Gasteiger partial charge in [0, 0.05) is 0 Å². The third-order valence-corrected chi connectivity index (χ3v) is 3.55. The minimum absolute atomic E-state index is 0.0558. The molecule has 120 valence electrons. The second kappa shape index (κ2) is 7.48. The van der Waals surface area contributed by atoms with Crippen molar-refractivity contribution in [1.29, 1.82) is 0 Å². The summed E-state index contributed by atoms with van der Waals surface area (Å²) in [6, 6.07) is 0. The summed E-state index contributed by atoms with van der Waals surface area (Å²) >= 11 is 17.4. The number of nitrogens with two attached hydrogens (primary N) is 1. The van der Waals surface area contributed by atoms with Crippen LogP contribution in [0.4, 0.5) is 10.5 Å². The molecule has 0 unspecified atom stereocenters. The first-order chi connectivity index (χ1) is 10.2. The topological polar surface area (TPSA) is 122 Å². The molecule has 0 radical (unpaired) electrons. The summed E-state index contributed by atoms with van der Waals surface area (Å²) in [6.07, 6.45) is -2.29. The van der Waals surface area contributed by atoms with Crippen LogP contribution in [-0.2, 0) is 14.3 Å². The van der Waals surface area contributed by atoms with E-state index in [9.17, 15) is 14.4 Å². The largest absolute Gasteiger partial charge is 0.453 e. The van der Waals surface area contributed by atoms with Gasteiger partial charge in [0.15, 0.2) is 6.10 Å². The predicted octanol–water partition coefficient (Wildman–Crippen LogP) is 1.47. The van der Waals surface area contributed by atoms with Gasteiger partial charge in [0.2, 0.25) is 0 Å². The molecule has 0 aliphatic rings. The van der Waals surface area contributed by atoms with E-state index in [1.165, 1.54) is 6.92 Å². The fraction of sp³-hybridized carbons (Fsp3) is 0.273. The third-order valence-electron chi connectivity index (χ3n) is 2.39. The van der Waals surface area contributed by atoms with Gasteiger partial charge in [-0.25, -0.2) is 9.59 Å². The van der Waals surface area contributed by atoms with E-state index < -0.39 is 24.1 Å². The highest BCUT2D eigenvalue weighted by molar-refractivity contribution is 6.45. The van der Waals surface area contributed by atoms with Crippen LogP contribution in [0.3, 0.4) is 0 Å². The number of pyridine rings is 1. The minimum Gasteiger partial charge on any atom is -0.453 e. The van der Waals surface area contributed by atoms with E-state index in [-0.39, 0.29) is 26.6 Å². The van der Waals surface area contributed by atoms with Crippen molar-refractivity contribution in [2.24, 2.45) is 0 Å². The molecule has 8 nitrogen and oxygen atoms in total. The van der Waals surface area contributed by atoms with E-state index in [0.29, 0.717) is 0 Å². The number of alkyl carbamates (subject to hydrolysis) is 1. The lowest BCUT2D eigenvalue weighted by atomic mass is 10.3. The van der Waals surface area contributed by atoms with Crippen LogP contribution in [0.25, 0.3) is 0 Å². The van der Waals surface area contributed by atoms with Crippen molar-refractivity contribution in [3.05, 3.63) is 20.9 Å². The number of carbonyl (C=O) groups is 3. The van der Waals surface area contributed by atoms with Crippen molar-refractivity contribution in [2.75, 3.05) is 12.8 Å². The van der Waals surface area contributed by atoms with E-state index in [2.05, 4.69) is 9.72 Å². The quantitative estimate of drug-likeness (QED) is 0.613. The Morgan fingerprint density at radius 2 is 1.82 bits per heavy atom. The molecule has 22 heavy (non-hydrogen) atoms. The van der Waals surface area contributed by atoms with Crippen LogP contribution in [-0.4, -0.2) is 31.2 Å². The first kappa shape index (κ1) is 18.3. The predicted molar refractivity (Wildman–Crippen MR) is 77.9 cm³/mol. The molecule has 1 aromatic heterocycles. The SMILES string of the molecule is COC(=O)NC(=O)[C@@H](C)OC(=O)c1[nH+]c(Cl)c(Cl)c(N)c1Cl. The molecule has 1 atom stereocenters. The number of aromatic amines is 1. The number of carbonyl (C=O) groups excluding carboxylic acids is 3. The number of halogens is 3. The van der Waals surface area contributed by atoms with E-state index in [0.717, 1.165) is 7.11 Å². The van der Waals surface area contributed by atoms with Gasteiger partial charge in [-0.2, -0.15) is 4.98 Å². The Hall–Kier alpha value is -1.77. The molecule has 11 heteroatoms. The van der Waals surface area contributed by atoms with Gasteiger partial charge < -0.3 is 15.2 Å². The lowest BCUT2D eigenvalue weighted by Gasteiger charge is -2.11. The number of nitrogens with one attached hydrogen (secondary N) is 2. The summed E-state index contributed by atoms with van der Waals surface area (Å²) in [5.41, 5.74) is 5.17. The van der Waals surface area contributed by atoms with E-state index in [1.54, 1.807) is 0 Å². The number of rotatable bonds is 3. The van der Waals surface area contributed by atoms with E-state index in [4.69, 9.17) is 45.3 Å². The highest BCUT2D eigenvalue weighted by Crippen LogP contribution is 2.32. The molecular formula is C11H11Cl3N3O5+. The molecule has 1 rings (SSSR count). The zero-order valence-electron chi connectivity index (χ0n) is 11.3. The summed E-state index contributed by atoms with van der Waals surface area (Å²) in [5.74, 6) is -1.90. The summed E-state index contributed by atoms with van der Waals surface area (Å²) in [7, 11) is 1.08. The monoisotopic (exact) mass is 370 g/mol. The first-order valence-electron chi connectivity index (χ1n) is 5.64. The lowest BCUT2D eigenvalue weighted by molar-refractivity contribution is -0.380. The second-order valence-electron chi connectivity index (χ2n) is 3.88. The number of amides is 2. The Balaban J connectivity index is 2.90. The molecule has 1 aromatic rings. The van der Waals surface area contributed by atoms with Crippen LogP contribution < -0.4 is 16.0 Å². The lowest BCUT2D eigenvalue weighted by Crippen LogP contribution is -2.40. The van der Waals surface area contributed by atoms with Gasteiger partial charge in [0.25, 0.3) is 11.1 Å². The number of H-pyrrole nitrogens is 1. The Morgan fingerprint density at radius 3 is 2.36 bits per heavy atom. The minimum atomic E-state index is -1.30. The van der Waals surface area contributed by atoms with Crippen molar-refractivity contribution >= 4 is 58.5 Å². The van der Waals surface area contributed by atoms with Crippen molar-refractivity contribution in [3.63, 3.8) is 0 Å². The van der Waals surface area contributed by atoms with Crippen molar-refractivity contribution in [3.8, 4) is 0 Å².